The summed E-state index contributed by atoms with van der Waals surface area (Å²) in [6, 6.07) is 14.0. The summed E-state index contributed by atoms with van der Waals surface area (Å²) < 4.78 is 10.7. The van der Waals surface area contributed by atoms with Crippen LogP contribution in [0.25, 0.3) is 0 Å². The summed E-state index contributed by atoms with van der Waals surface area (Å²) in [5.41, 5.74) is 13.9. The van der Waals surface area contributed by atoms with Crippen molar-refractivity contribution in [1.29, 1.82) is 0 Å². The predicted molar refractivity (Wildman–Crippen MR) is 103 cm³/mol. The lowest BCUT2D eigenvalue weighted by molar-refractivity contribution is -0.143. The Balaban J connectivity index is 1.98. The topological polar surface area (TPSA) is 105 Å². The van der Waals surface area contributed by atoms with E-state index in [2.05, 4.69) is 0 Å². The zero-order valence-corrected chi connectivity index (χ0v) is 15.7. The Morgan fingerprint density at radius 1 is 0.741 bits per heavy atom. The Morgan fingerprint density at radius 3 is 1.37 bits per heavy atom. The van der Waals surface area contributed by atoms with Crippen LogP contribution in [0.5, 0.6) is 0 Å². The largest absolute Gasteiger partial charge is 0.419 e. The normalized spacial score (nSPS) is 11.1. The summed E-state index contributed by atoms with van der Waals surface area (Å²) in [6.45, 7) is 4.13. The van der Waals surface area contributed by atoms with E-state index in [1.807, 2.05) is 24.3 Å². The predicted octanol–water partition coefficient (Wildman–Crippen LogP) is 2.44. The van der Waals surface area contributed by atoms with Crippen LogP contribution in [0.15, 0.2) is 48.5 Å². The smallest absolute Gasteiger partial charge is 0.341 e. The van der Waals surface area contributed by atoms with Crippen LogP contribution < -0.4 is 11.5 Å². The highest BCUT2D eigenvalue weighted by Gasteiger charge is 2.28. The number of benzene rings is 2. The number of carbonyl (C=O) groups is 2. The van der Waals surface area contributed by atoms with Crippen molar-refractivity contribution in [2.24, 2.45) is 11.5 Å². The quantitative estimate of drug-likeness (QED) is 0.546. The van der Waals surface area contributed by atoms with Crippen molar-refractivity contribution in [1.82, 2.24) is 0 Å². The summed E-state index contributed by atoms with van der Waals surface area (Å²) in [6.07, 6.45) is 1.48. The van der Waals surface area contributed by atoms with Gasteiger partial charge in [0.2, 0.25) is 0 Å². The van der Waals surface area contributed by atoms with Crippen LogP contribution in [-0.4, -0.2) is 30.8 Å². The van der Waals surface area contributed by atoms with Crippen LogP contribution in [0.2, 0.25) is 0 Å². The highest BCUT2D eigenvalue weighted by Crippen LogP contribution is 2.18. The standard InChI is InChI=1S/C21H26N2O4/c1-21(2,26-19(24)17-7-3-15(4-8-17)11-13-22)27-20(25)18-9-5-16(6-10-18)12-14-23/h3-10H,11-14,22-23H2,1-2H3. The van der Waals surface area contributed by atoms with Crippen LogP contribution in [0, 0.1) is 0 Å². The molecule has 0 spiro atoms. The molecule has 2 aromatic rings. The third kappa shape index (κ3) is 6.20. The molecule has 144 valence electrons. The number of carbonyl (C=O) groups excluding carboxylic acids is 2. The lowest BCUT2D eigenvalue weighted by Crippen LogP contribution is -2.34. The second kappa shape index (κ2) is 9.30. The Hall–Kier alpha value is -2.70. The SMILES string of the molecule is CC(C)(OC(=O)c1ccc(CCN)cc1)OC(=O)c1ccc(CCN)cc1. The van der Waals surface area contributed by atoms with E-state index in [4.69, 9.17) is 20.9 Å². The lowest BCUT2D eigenvalue weighted by atomic mass is 10.1. The Labute approximate surface area is 159 Å². The number of rotatable bonds is 8. The maximum atomic E-state index is 12.3. The van der Waals surface area contributed by atoms with Crippen LogP contribution in [0.3, 0.4) is 0 Å². The van der Waals surface area contributed by atoms with Crippen molar-refractivity contribution in [2.45, 2.75) is 32.5 Å². The average molecular weight is 370 g/mol. The van der Waals surface area contributed by atoms with Crippen LogP contribution in [0.1, 0.15) is 45.7 Å². The van der Waals surface area contributed by atoms with Gasteiger partial charge in [0, 0.05) is 13.8 Å². The molecule has 0 saturated carbocycles. The molecule has 6 heteroatoms. The van der Waals surface area contributed by atoms with Crippen LogP contribution in [0.4, 0.5) is 0 Å². The molecule has 0 heterocycles. The van der Waals surface area contributed by atoms with E-state index in [0.717, 1.165) is 24.0 Å². The molecule has 4 N–H and O–H groups in total. The molecular weight excluding hydrogens is 344 g/mol. The molecule has 2 rings (SSSR count). The maximum Gasteiger partial charge on any atom is 0.341 e. The van der Waals surface area contributed by atoms with Crippen molar-refractivity contribution < 1.29 is 19.1 Å². The fourth-order valence-electron chi connectivity index (χ4n) is 2.53. The zero-order valence-electron chi connectivity index (χ0n) is 15.7. The molecule has 0 radical (unpaired) electrons. The molecule has 0 bridgehead atoms. The molecule has 2 aromatic carbocycles. The molecule has 0 aliphatic rings. The Kier molecular flexibility index (Phi) is 7.10. The molecule has 0 atom stereocenters. The number of hydrogen-bond acceptors (Lipinski definition) is 6. The molecule has 0 aliphatic carbocycles. The van der Waals surface area contributed by atoms with Gasteiger partial charge in [-0.1, -0.05) is 24.3 Å². The zero-order chi connectivity index (χ0) is 19.9. The number of esters is 2. The van der Waals surface area contributed by atoms with Gasteiger partial charge < -0.3 is 20.9 Å². The fourth-order valence-corrected chi connectivity index (χ4v) is 2.53. The van der Waals surface area contributed by atoms with E-state index in [-0.39, 0.29) is 0 Å². The van der Waals surface area contributed by atoms with Gasteiger partial charge in [0.15, 0.2) is 0 Å². The summed E-state index contributed by atoms with van der Waals surface area (Å²) in [5.74, 6) is -2.53. The Morgan fingerprint density at radius 2 is 1.07 bits per heavy atom. The van der Waals surface area contributed by atoms with E-state index in [0.29, 0.717) is 24.2 Å². The first-order valence-corrected chi connectivity index (χ1v) is 8.89. The molecule has 0 fully saturated rings. The number of nitrogens with two attached hydrogens (primary N) is 2. The third-order valence-corrected chi connectivity index (χ3v) is 3.92. The molecule has 0 aromatic heterocycles. The molecule has 0 saturated heterocycles. The number of hydrogen-bond donors (Lipinski definition) is 2. The minimum absolute atomic E-state index is 0.381. The van der Waals surface area contributed by atoms with Crippen molar-refractivity contribution in [3.05, 3.63) is 70.8 Å². The van der Waals surface area contributed by atoms with Gasteiger partial charge in [-0.25, -0.2) is 9.59 Å². The Bertz CT molecular complexity index is 702. The lowest BCUT2D eigenvalue weighted by Gasteiger charge is -2.25. The fraction of sp³-hybridized carbons (Fsp3) is 0.333. The van der Waals surface area contributed by atoms with Gasteiger partial charge in [-0.05, 0) is 61.3 Å². The summed E-state index contributed by atoms with van der Waals surface area (Å²) in [4.78, 5) is 24.6. The molecular formula is C21H26N2O4. The minimum Gasteiger partial charge on any atom is -0.419 e. The van der Waals surface area contributed by atoms with Gasteiger partial charge in [0.1, 0.15) is 0 Å². The maximum absolute atomic E-state index is 12.3. The van der Waals surface area contributed by atoms with Crippen LogP contribution >= 0.6 is 0 Å². The van der Waals surface area contributed by atoms with E-state index in [9.17, 15) is 9.59 Å². The monoisotopic (exact) mass is 370 g/mol. The first kappa shape index (κ1) is 20.6. The third-order valence-electron chi connectivity index (χ3n) is 3.92. The van der Waals surface area contributed by atoms with E-state index < -0.39 is 17.7 Å². The highest BCUT2D eigenvalue weighted by molar-refractivity contribution is 5.91. The van der Waals surface area contributed by atoms with Crippen molar-refractivity contribution >= 4 is 11.9 Å². The van der Waals surface area contributed by atoms with Gasteiger partial charge >= 0.3 is 11.9 Å². The van der Waals surface area contributed by atoms with E-state index in [1.54, 1.807) is 24.3 Å². The summed E-state index contributed by atoms with van der Waals surface area (Å²) in [7, 11) is 0. The molecule has 6 nitrogen and oxygen atoms in total. The molecule has 0 amide bonds. The van der Waals surface area contributed by atoms with Crippen molar-refractivity contribution in [2.75, 3.05) is 13.1 Å². The first-order chi connectivity index (χ1) is 12.8. The van der Waals surface area contributed by atoms with Gasteiger partial charge in [0.05, 0.1) is 11.1 Å². The minimum atomic E-state index is -1.40. The van der Waals surface area contributed by atoms with Gasteiger partial charge in [0.25, 0.3) is 5.79 Å². The highest BCUT2D eigenvalue weighted by atomic mass is 16.7. The van der Waals surface area contributed by atoms with Crippen LogP contribution in [-0.2, 0) is 22.3 Å². The summed E-state index contributed by atoms with van der Waals surface area (Å²) in [5, 5.41) is 0. The average Bonchev–Trinajstić information content (AvgIpc) is 2.62. The number of ether oxygens (including phenoxy) is 2. The second-order valence-corrected chi connectivity index (χ2v) is 6.65. The molecule has 27 heavy (non-hydrogen) atoms. The van der Waals surface area contributed by atoms with Crippen molar-refractivity contribution in [3.63, 3.8) is 0 Å². The molecule has 0 aliphatic heterocycles. The second-order valence-electron chi connectivity index (χ2n) is 6.65. The van der Waals surface area contributed by atoms with E-state index >= 15 is 0 Å². The first-order valence-electron chi connectivity index (χ1n) is 8.89. The molecule has 0 unspecified atom stereocenters. The van der Waals surface area contributed by atoms with E-state index in [1.165, 1.54) is 13.8 Å². The van der Waals surface area contributed by atoms with Gasteiger partial charge in [-0.3, -0.25) is 0 Å². The summed E-state index contributed by atoms with van der Waals surface area (Å²) >= 11 is 0. The van der Waals surface area contributed by atoms with Gasteiger partial charge in [-0.2, -0.15) is 0 Å². The van der Waals surface area contributed by atoms with Crippen molar-refractivity contribution in [3.8, 4) is 0 Å². The van der Waals surface area contributed by atoms with Gasteiger partial charge in [-0.15, -0.1) is 0 Å².